The van der Waals surface area contributed by atoms with E-state index in [1.165, 1.54) is 96.3 Å². The van der Waals surface area contributed by atoms with Gasteiger partial charge in [0, 0.05) is 3.42 Å². The molecular formula is C26H41I. The maximum absolute atomic E-state index is 2.69. The smallest absolute Gasteiger partial charge is 0.0223 e. The van der Waals surface area contributed by atoms with E-state index in [1.807, 2.05) is 0 Å². The van der Waals surface area contributed by atoms with Gasteiger partial charge in [-0.05, 0) is 106 Å². The second-order valence-corrected chi connectivity index (χ2v) is 12.0. The lowest BCUT2D eigenvalue weighted by atomic mass is 9.91. The van der Waals surface area contributed by atoms with Gasteiger partial charge < -0.3 is 0 Å². The summed E-state index contributed by atoms with van der Waals surface area (Å²) < 4.78 is 0.710. The second-order valence-electron chi connectivity index (χ2n) is 9.76. The molecule has 0 heterocycles. The fraction of sp³-hybridized carbons (Fsp3) is 0.769. The van der Waals surface area contributed by atoms with Gasteiger partial charge in [-0.1, -0.05) is 73.8 Å². The summed E-state index contributed by atoms with van der Waals surface area (Å²) >= 11 is 2.69. The minimum absolute atomic E-state index is 0.710. The van der Waals surface area contributed by atoms with Gasteiger partial charge in [-0.25, -0.2) is 0 Å². The van der Waals surface area contributed by atoms with Gasteiger partial charge >= 0.3 is 0 Å². The monoisotopic (exact) mass is 480 g/mol. The van der Waals surface area contributed by atoms with E-state index in [0.29, 0.717) is 3.42 Å². The van der Waals surface area contributed by atoms with Crippen LogP contribution in [0.3, 0.4) is 0 Å². The fourth-order valence-electron chi connectivity index (χ4n) is 4.74. The summed E-state index contributed by atoms with van der Waals surface area (Å²) in [5.74, 6) is 0. The lowest BCUT2D eigenvalue weighted by molar-refractivity contribution is 0.422. The Morgan fingerprint density at radius 2 is 1.26 bits per heavy atom. The first-order chi connectivity index (χ1) is 13.0. The highest BCUT2D eigenvalue weighted by Crippen LogP contribution is 2.52. The third-order valence-electron chi connectivity index (χ3n) is 7.74. The van der Waals surface area contributed by atoms with Gasteiger partial charge in [-0.3, -0.25) is 0 Å². The van der Waals surface area contributed by atoms with E-state index >= 15 is 0 Å². The second kappa shape index (κ2) is 9.63. The van der Waals surface area contributed by atoms with Crippen LogP contribution in [0.15, 0.2) is 12.1 Å². The van der Waals surface area contributed by atoms with Gasteiger partial charge in [-0.2, -0.15) is 0 Å². The Bertz CT molecular complexity index is 607. The summed E-state index contributed by atoms with van der Waals surface area (Å²) in [5.41, 5.74) is 7.13. The summed E-state index contributed by atoms with van der Waals surface area (Å²) in [6, 6.07) is 4.88. The van der Waals surface area contributed by atoms with Crippen molar-refractivity contribution in [2.45, 2.75) is 121 Å². The highest BCUT2D eigenvalue weighted by molar-refractivity contribution is 14.1. The maximum Gasteiger partial charge on any atom is 0.0223 e. The number of hydrogen-bond acceptors (Lipinski definition) is 0. The van der Waals surface area contributed by atoms with Crippen molar-refractivity contribution in [3.8, 4) is 0 Å². The van der Waals surface area contributed by atoms with Gasteiger partial charge in [0.05, 0.1) is 0 Å². The number of hydrogen-bond donors (Lipinski definition) is 0. The van der Waals surface area contributed by atoms with Crippen molar-refractivity contribution in [3.63, 3.8) is 0 Å². The maximum atomic E-state index is 2.69. The van der Waals surface area contributed by atoms with E-state index in [0.717, 1.165) is 5.41 Å². The van der Waals surface area contributed by atoms with Gasteiger partial charge in [0.25, 0.3) is 0 Å². The molecule has 0 N–H and O–H groups in total. The van der Waals surface area contributed by atoms with Crippen LogP contribution < -0.4 is 0 Å². The summed E-state index contributed by atoms with van der Waals surface area (Å²) in [6.07, 6.45) is 21.3. The number of aryl methyl sites for hydroxylation is 2. The summed E-state index contributed by atoms with van der Waals surface area (Å²) in [7, 11) is 0. The van der Waals surface area contributed by atoms with Crippen LogP contribution in [0, 0.1) is 19.3 Å². The van der Waals surface area contributed by atoms with Crippen molar-refractivity contribution in [1.82, 2.24) is 0 Å². The van der Waals surface area contributed by atoms with E-state index < -0.39 is 0 Å². The normalized spacial score (nSPS) is 19.3. The van der Waals surface area contributed by atoms with Gasteiger partial charge in [0.15, 0.2) is 0 Å². The molecule has 0 radical (unpaired) electrons. The van der Waals surface area contributed by atoms with Crippen LogP contribution in [-0.4, -0.2) is 3.42 Å². The zero-order valence-electron chi connectivity index (χ0n) is 18.1. The topological polar surface area (TPSA) is 0 Å². The highest BCUT2D eigenvalue weighted by Gasteiger charge is 2.39. The van der Waals surface area contributed by atoms with E-state index in [2.05, 4.69) is 55.5 Å². The van der Waals surface area contributed by atoms with Crippen LogP contribution in [-0.2, 0) is 12.8 Å². The Morgan fingerprint density at radius 3 is 1.70 bits per heavy atom. The minimum atomic E-state index is 0.710. The zero-order valence-corrected chi connectivity index (χ0v) is 20.3. The number of unbranched alkanes of at least 4 members (excludes halogenated alkanes) is 4. The van der Waals surface area contributed by atoms with Crippen LogP contribution in [0.2, 0.25) is 0 Å². The lowest BCUT2D eigenvalue weighted by Crippen LogP contribution is -2.00. The number of benzene rings is 1. The first kappa shape index (κ1) is 21.7. The van der Waals surface area contributed by atoms with E-state index in [1.54, 1.807) is 22.3 Å². The van der Waals surface area contributed by atoms with Crippen LogP contribution in [0.25, 0.3) is 0 Å². The summed E-state index contributed by atoms with van der Waals surface area (Å²) in [6.45, 7) is 7.10. The molecule has 0 spiro atoms. The first-order valence-electron chi connectivity index (χ1n) is 11.7. The number of halogens is 1. The van der Waals surface area contributed by atoms with Crippen LogP contribution in [0.1, 0.15) is 113 Å². The summed E-state index contributed by atoms with van der Waals surface area (Å²) in [4.78, 5) is 0. The van der Waals surface area contributed by atoms with Crippen LogP contribution in [0.4, 0.5) is 0 Å². The molecule has 0 aliphatic heterocycles. The molecule has 0 unspecified atom stereocenters. The van der Waals surface area contributed by atoms with E-state index in [4.69, 9.17) is 0 Å². The molecule has 0 atom stereocenters. The van der Waals surface area contributed by atoms with Crippen molar-refractivity contribution < 1.29 is 0 Å². The zero-order chi connectivity index (χ0) is 19.3. The molecule has 3 rings (SSSR count). The molecule has 0 bridgehead atoms. The molecule has 0 saturated heterocycles. The predicted octanol–water partition coefficient (Wildman–Crippen LogP) is 8.67. The molecule has 2 aliphatic carbocycles. The van der Waals surface area contributed by atoms with Crippen molar-refractivity contribution in [2.24, 2.45) is 5.41 Å². The minimum Gasteiger partial charge on any atom is -0.0789 e. The average Bonchev–Trinajstić information content (AvgIpc) is 3.58. The quantitative estimate of drug-likeness (QED) is 0.151. The van der Waals surface area contributed by atoms with Crippen LogP contribution >= 0.6 is 22.6 Å². The molecule has 1 aromatic rings. The Kier molecular flexibility index (Phi) is 7.73. The number of rotatable bonds is 13. The lowest BCUT2D eigenvalue weighted by Gasteiger charge is -2.15. The molecule has 1 aromatic carbocycles. The van der Waals surface area contributed by atoms with Crippen LogP contribution in [0.5, 0.6) is 0 Å². The van der Waals surface area contributed by atoms with Crippen molar-refractivity contribution in [1.29, 1.82) is 0 Å². The predicted molar refractivity (Wildman–Crippen MR) is 128 cm³/mol. The molecular weight excluding hydrogens is 439 g/mol. The van der Waals surface area contributed by atoms with Crippen molar-refractivity contribution in [2.75, 3.05) is 0 Å². The fourth-order valence-corrected chi connectivity index (χ4v) is 5.39. The van der Waals surface area contributed by atoms with E-state index in [9.17, 15) is 0 Å². The average molecular weight is 481 g/mol. The van der Waals surface area contributed by atoms with Gasteiger partial charge in [0.1, 0.15) is 0 Å². The van der Waals surface area contributed by atoms with Gasteiger partial charge in [-0.15, -0.1) is 0 Å². The van der Waals surface area contributed by atoms with Gasteiger partial charge in [0.2, 0.25) is 0 Å². The molecule has 1 heteroatoms. The van der Waals surface area contributed by atoms with Crippen molar-refractivity contribution >= 4 is 22.6 Å². The SMILES string of the molecule is CCC1(CCCCCc2ccc(CCCCCC3(I)CC3)c(C)c2C)CC1. The largest absolute Gasteiger partial charge is 0.0789 e. The van der Waals surface area contributed by atoms with E-state index in [-0.39, 0.29) is 0 Å². The Morgan fingerprint density at radius 1 is 0.741 bits per heavy atom. The highest BCUT2D eigenvalue weighted by atomic mass is 127. The third kappa shape index (κ3) is 6.47. The molecule has 2 saturated carbocycles. The summed E-state index contributed by atoms with van der Waals surface area (Å²) in [5, 5.41) is 0. The molecule has 0 aromatic heterocycles. The molecule has 27 heavy (non-hydrogen) atoms. The molecule has 2 fully saturated rings. The molecule has 2 aliphatic rings. The Labute approximate surface area is 182 Å². The molecule has 152 valence electrons. The number of alkyl halides is 1. The standard InChI is InChI=1S/C26H41I/c1-4-25(17-18-25)15-9-5-7-11-23-13-14-24(22(3)21(23)2)12-8-6-10-16-26(27)19-20-26/h13-14H,4-12,15-20H2,1-3H3. The molecule has 0 nitrogen and oxygen atoms in total. The van der Waals surface area contributed by atoms with Crippen molar-refractivity contribution in [3.05, 3.63) is 34.4 Å². The Balaban J connectivity index is 1.35. The Hall–Kier alpha value is -0.0500. The first-order valence-corrected chi connectivity index (χ1v) is 12.8. The molecule has 0 amide bonds. The third-order valence-corrected chi connectivity index (χ3v) is 9.35.